The van der Waals surface area contributed by atoms with Gasteiger partial charge < -0.3 is 9.47 Å². The third-order valence-electron chi connectivity index (χ3n) is 3.89. The van der Waals surface area contributed by atoms with E-state index in [2.05, 4.69) is 26.2 Å². The number of halogens is 1. The monoisotopic (exact) mass is 446 g/mol. The molecule has 0 spiro atoms. The molecule has 0 bridgehead atoms. The van der Waals surface area contributed by atoms with Crippen LogP contribution in [0.2, 0.25) is 0 Å². The number of carbonyl (C=O) groups excluding carboxylic acids is 1. The number of nitrogens with zero attached hydrogens (tertiary/aromatic N) is 1. The Morgan fingerprint density at radius 1 is 1.22 bits per heavy atom. The van der Waals surface area contributed by atoms with Gasteiger partial charge in [0.1, 0.15) is 11.5 Å². The number of hydrogen-bond donors (Lipinski definition) is 1. The van der Waals surface area contributed by atoms with Gasteiger partial charge in [-0.25, -0.2) is 4.98 Å². The van der Waals surface area contributed by atoms with Crippen LogP contribution in [-0.2, 0) is 4.79 Å². The van der Waals surface area contributed by atoms with E-state index in [-0.39, 0.29) is 12.5 Å². The summed E-state index contributed by atoms with van der Waals surface area (Å²) in [7, 11) is 1.63. The number of methoxy groups -OCH3 is 1. The van der Waals surface area contributed by atoms with Gasteiger partial charge in [0, 0.05) is 15.4 Å². The van der Waals surface area contributed by atoms with E-state index in [1.807, 2.05) is 55.6 Å². The first-order valence-electron chi connectivity index (χ1n) is 8.25. The first kappa shape index (κ1) is 19.4. The molecular formula is C20H19BrN2O3S. The van der Waals surface area contributed by atoms with Crippen LogP contribution >= 0.6 is 27.3 Å². The number of carbonyl (C=O) groups is 1. The average molecular weight is 447 g/mol. The van der Waals surface area contributed by atoms with Crippen LogP contribution in [-0.4, -0.2) is 24.6 Å². The molecule has 3 rings (SSSR count). The third-order valence-corrected chi connectivity index (χ3v) is 5.10. The van der Waals surface area contributed by atoms with Crippen LogP contribution in [0.4, 0.5) is 5.13 Å². The van der Waals surface area contributed by atoms with Gasteiger partial charge in [-0.1, -0.05) is 28.1 Å². The number of aryl methyl sites for hydroxylation is 2. The van der Waals surface area contributed by atoms with Crippen molar-refractivity contribution in [1.29, 1.82) is 0 Å². The van der Waals surface area contributed by atoms with Crippen LogP contribution in [0.1, 0.15) is 11.1 Å². The van der Waals surface area contributed by atoms with Crippen LogP contribution in [0.3, 0.4) is 0 Å². The molecule has 1 heterocycles. The molecule has 1 N–H and O–H groups in total. The van der Waals surface area contributed by atoms with Crippen molar-refractivity contribution in [3.8, 4) is 22.8 Å². The second-order valence-corrected chi connectivity index (χ2v) is 7.75. The van der Waals surface area contributed by atoms with E-state index in [1.54, 1.807) is 7.11 Å². The summed E-state index contributed by atoms with van der Waals surface area (Å²) < 4.78 is 11.9. The SMILES string of the molecule is COc1cccc(-c2csc(NC(=O)COc3c(C)cc(Br)cc3C)n2)c1. The smallest absolute Gasteiger partial charge is 0.264 e. The lowest BCUT2D eigenvalue weighted by atomic mass is 10.1. The van der Waals surface area contributed by atoms with Crippen molar-refractivity contribution >= 4 is 38.3 Å². The molecule has 7 heteroatoms. The number of anilines is 1. The zero-order chi connectivity index (χ0) is 19.4. The van der Waals surface area contributed by atoms with Gasteiger partial charge in [0.15, 0.2) is 11.7 Å². The third kappa shape index (κ3) is 4.87. The number of hydrogen-bond acceptors (Lipinski definition) is 5. The second-order valence-electron chi connectivity index (χ2n) is 5.98. The van der Waals surface area contributed by atoms with Crippen LogP contribution in [0, 0.1) is 13.8 Å². The summed E-state index contributed by atoms with van der Waals surface area (Å²) in [6.45, 7) is 3.83. The largest absolute Gasteiger partial charge is 0.497 e. The normalized spacial score (nSPS) is 10.5. The van der Waals surface area contributed by atoms with E-state index in [0.717, 1.165) is 38.4 Å². The molecule has 0 unspecified atom stereocenters. The zero-order valence-corrected chi connectivity index (χ0v) is 17.6. The van der Waals surface area contributed by atoms with Crippen molar-refractivity contribution in [2.75, 3.05) is 19.0 Å². The van der Waals surface area contributed by atoms with Crippen LogP contribution in [0.15, 0.2) is 46.3 Å². The Morgan fingerprint density at radius 2 is 1.96 bits per heavy atom. The summed E-state index contributed by atoms with van der Waals surface area (Å²) in [5, 5.41) is 5.21. The molecule has 0 aliphatic carbocycles. The number of rotatable bonds is 6. The van der Waals surface area contributed by atoms with E-state index < -0.39 is 0 Å². The summed E-state index contributed by atoms with van der Waals surface area (Å²) >= 11 is 4.82. The fraction of sp³-hybridized carbons (Fsp3) is 0.200. The van der Waals surface area contributed by atoms with E-state index in [9.17, 15) is 4.79 Å². The highest BCUT2D eigenvalue weighted by Gasteiger charge is 2.11. The van der Waals surface area contributed by atoms with Crippen LogP contribution in [0.25, 0.3) is 11.3 Å². The van der Waals surface area contributed by atoms with Crippen molar-refractivity contribution in [3.63, 3.8) is 0 Å². The van der Waals surface area contributed by atoms with Crippen molar-refractivity contribution in [3.05, 3.63) is 57.4 Å². The molecule has 0 fully saturated rings. The molecule has 1 amide bonds. The summed E-state index contributed by atoms with van der Waals surface area (Å²) in [6.07, 6.45) is 0. The predicted octanol–water partition coefficient (Wildman–Crippen LogP) is 5.22. The Hall–Kier alpha value is -2.38. The van der Waals surface area contributed by atoms with Gasteiger partial charge in [0.2, 0.25) is 0 Å². The molecule has 0 radical (unpaired) electrons. The molecule has 5 nitrogen and oxygen atoms in total. The second kappa shape index (κ2) is 8.54. The molecular weight excluding hydrogens is 428 g/mol. The first-order valence-corrected chi connectivity index (χ1v) is 9.93. The number of aromatic nitrogens is 1. The number of ether oxygens (including phenoxy) is 2. The van der Waals surface area contributed by atoms with Gasteiger partial charge in [-0.2, -0.15) is 0 Å². The Bertz CT molecular complexity index is 948. The highest BCUT2D eigenvalue weighted by Crippen LogP contribution is 2.28. The molecule has 3 aromatic rings. The van der Waals surface area contributed by atoms with E-state index in [0.29, 0.717) is 5.13 Å². The topological polar surface area (TPSA) is 60.5 Å². The maximum Gasteiger partial charge on any atom is 0.264 e. The fourth-order valence-corrected chi connectivity index (χ4v) is 4.09. The minimum absolute atomic E-state index is 0.0720. The van der Waals surface area contributed by atoms with Crippen molar-refractivity contribution in [2.24, 2.45) is 0 Å². The van der Waals surface area contributed by atoms with Crippen LogP contribution in [0.5, 0.6) is 11.5 Å². The summed E-state index contributed by atoms with van der Waals surface area (Å²) in [5.41, 5.74) is 3.67. The maximum atomic E-state index is 12.2. The standard InChI is InChI=1S/C20H19BrN2O3S/c1-12-7-15(21)8-13(2)19(12)26-10-18(24)23-20-22-17(11-27-20)14-5-4-6-16(9-14)25-3/h4-9,11H,10H2,1-3H3,(H,22,23,24). The van der Waals surface area contributed by atoms with Crippen LogP contribution < -0.4 is 14.8 Å². The van der Waals surface area contributed by atoms with Gasteiger partial charge >= 0.3 is 0 Å². The first-order chi connectivity index (χ1) is 13.0. The predicted molar refractivity (Wildman–Crippen MR) is 112 cm³/mol. The molecule has 0 saturated heterocycles. The molecule has 27 heavy (non-hydrogen) atoms. The van der Waals surface area contributed by atoms with Gasteiger partial charge in [0.05, 0.1) is 12.8 Å². The highest BCUT2D eigenvalue weighted by atomic mass is 79.9. The zero-order valence-electron chi connectivity index (χ0n) is 15.2. The summed E-state index contributed by atoms with van der Waals surface area (Å²) in [6, 6.07) is 11.6. The number of amides is 1. The Morgan fingerprint density at radius 3 is 2.67 bits per heavy atom. The van der Waals surface area contributed by atoms with Gasteiger partial charge in [-0.15, -0.1) is 11.3 Å². The summed E-state index contributed by atoms with van der Waals surface area (Å²) in [4.78, 5) is 16.7. The molecule has 140 valence electrons. The molecule has 1 aromatic heterocycles. The minimum Gasteiger partial charge on any atom is -0.497 e. The lowest BCUT2D eigenvalue weighted by Gasteiger charge is -2.12. The molecule has 0 atom stereocenters. The van der Waals surface area contributed by atoms with E-state index in [1.165, 1.54) is 11.3 Å². The fourth-order valence-electron chi connectivity index (χ4n) is 2.66. The lowest BCUT2D eigenvalue weighted by Crippen LogP contribution is -2.20. The highest BCUT2D eigenvalue weighted by molar-refractivity contribution is 9.10. The molecule has 0 saturated carbocycles. The maximum absolute atomic E-state index is 12.2. The molecule has 0 aliphatic rings. The Balaban J connectivity index is 1.63. The van der Waals surface area contributed by atoms with Gasteiger partial charge in [0.25, 0.3) is 5.91 Å². The van der Waals surface area contributed by atoms with Crippen molar-refractivity contribution < 1.29 is 14.3 Å². The number of thiazole rings is 1. The molecule has 0 aliphatic heterocycles. The van der Waals surface area contributed by atoms with E-state index >= 15 is 0 Å². The Labute approximate surface area is 170 Å². The minimum atomic E-state index is -0.247. The lowest BCUT2D eigenvalue weighted by molar-refractivity contribution is -0.118. The van der Waals surface area contributed by atoms with Crippen molar-refractivity contribution in [1.82, 2.24) is 4.98 Å². The molecule has 2 aromatic carbocycles. The number of benzene rings is 2. The number of nitrogens with one attached hydrogen (secondary N) is 1. The van der Waals surface area contributed by atoms with E-state index in [4.69, 9.17) is 9.47 Å². The van der Waals surface area contributed by atoms with Gasteiger partial charge in [-0.3, -0.25) is 10.1 Å². The quantitative estimate of drug-likeness (QED) is 0.563. The summed E-state index contributed by atoms with van der Waals surface area (Å²) in [5.74, 6) is 1.24. The van der Waals surface area contributed by atoms with Gasteiger partial charge in [-0.05, 0) is 49.2 Å². The van der Waals surface area contributed by atoms with Crippen molar-refractivity contribution in [2.45, 2.75) is 13.8 Å². The Kier molecular flexibility index (Phi) is 6.13. The average Bonchev–Trinajstić information content (AvgIpc) is 3.09.